The molecule has 1 aliphatic heterocycles. The highest BCUT2D eigenvalue weighted by Gasteiger charge is 2.20. The first-order valence-electron chi connectivity index (χ1n) is 9.53. The van der Waals surface area contributed by atoms with E-state index in [1.54, 1.807) is 4.80 Å². The molecule has 0 aliphatic carbocycles. The molecule has 1 aliphatic rings. The maximum Gasteiger partial charge on any atom is 0.227 e. The summed E-state index contributed by atoms with van der Waals surface area (Å²) in [4.78, 5) is 16.3. The first-order chi connectivity index (χ1) is 13.3. The number of amides is 1. The van der Waals surface area contributed by atoms with Crippen LogP contribution in [0.5, 0.6) is 0 Å². The predicted molar refractivity (Wildman–Crippen MR) is 104 cm³/mol. The van der Waals surface area contributed by atoms with Crippen LogP contribution in [0.3, 0.4) is 0 Å². The zero-order chi connectivity index (χ0) is 18.5. The Hall–Kier alpha value is -3.02. The molecule has 0 radical (unpaired) electrons. The zero-order valence-electron chi connectivity index (χ0n) is 15.3. The normalized spacial score (nSPS) is 13.9. The van der Waals surface area contributed by atoms with Crippen LogP contribution in [0.2, 0.25) is 0 Å². The smallest absolute Gasteiger partial charge is 0.227 e. The van der Waals surface area contributed by atoms with Crippen molar-refractivity contribution < 1.29 is 4.79 Å². The Morgan fingerprint density at radius 3 is 2.70 bits per heavy atom. The summed E-state index contributed by atoms with van der Waals surface area (Å²) in [6.45, 7) is 1.39. The number of tetrazole rings is 1. The molecule has 2 heterocycles. The lowest BCUT2D eigenvalue weighted by Gasteiger charge is -2.22. The van der Waals surface area contributed by atoms with Gasteiger partial charge in [-0.1, -0.05) is 48.5 Å². The molecule has 0 bridgehead atoms. The molecule has 4 rings (SSSR count). The third-order valence-electron chi connectivity index (χ3n) is 4.89. The average Bonchev–Trinajstić information content (AvgIpc) is 3.07. The molecular formula is C21H23N5O. The standard InChI is InChI=1S/C21H23N5O/c27-20(25-15-7-6-10-17-9-4-5-13-19(17)25)14-8-16-26-23-21(22-24-26)18-11-2-1-3-12-18/h1-5,9,11-13H,6-8,10,14-16H2. The summed E-state index contributed by atoms with van der Waals surface area (Å²) in [7, 11) is 0. The van der Waals surface area contributed by atoms with Gasteiger partial charge in [-0.05, 0) is 42.5 Å². The number of nitrogens with zero attached hydrogens (tertiary/aromatic N) is 5. The summed E-state index contributed by atoms with van der Waals surface area (Å²) < 4.78 is 0. The van der Waals surface area contributed by atoms with E-state index in [2.05, 4.69) is 27.5 Å². The summed E-state index contributed by atoms with van der Waals surface area (Å²) in [6.07, 6.45) is 4.40. The monoisotopic (exact) mass is 361 g/mol. The van der Waals surface area contributed by atoms with Crippen LogP contribution in [-0.2, 0) is 17.8 Å². The van der Waals surface area contributed by atoms with E-state index < -0.39 is 0 Å². The number of benzene rings is 2. The van der Waals surface area contributed by atoms with Gasteiger partial charge in [-0.2, -0.15) is 4.80 Å². The van der Waals surface area contributed by atoms with Crippen LogP contribution in [0.15, 0.2) is 54.6 Å². The van der Waals surface area contributed by atoms with Crippen molar-refractivity contribution in [2.45, 2.75) is 38.6 Å². The Bertz CT molecular complexity index is 906. The molecule has 0 saturated heterocycles. The Labute approximate surface area is 158 Å². The van der Waals surface area contributed by atoms with Crippen molar-refractivity contribution >= 4 is 11.6 Å². The Morgan fingerprint density at radius 2 is 1.81 bits per heavy atom. The number of fused-ring (bicyclic) bond motifs is 1. The molecule has 6 heteroatoms. The van der Waals surface area contributed by atoms with Gasteiger partial charge in [-0.3, -0.25) is 4.79 Å². The molecule has 27 heavy (non-hydrogen) atoms. The molecule has 1 amide bonds. The van der Waals surface area contributed by atoms with Crippen molar-refractivity contribution in [3.63, 3.8) is 0 Å². The molecule has 0 N–H and O–H groups in total. The third-order valence-corrected chi connectivity index (χ3v) is 4.89. The van der Waals surface area contributed by atoms with E-state index in [1.165, 1.54) is 5.56 Å². The molecular weight excluding hydrogens is 338 g/mol. The quantitative estimate of drug-likeness (QED) is 0.698. The molecule has 0 atom stereocenters. The maximum atomic E-state index is 12.8. The highest BCUT2D eigenvalue weighted by molar-refractivity contribution is 5.94. The van der Waals surface area contributed by atoms with Crippen molar-refractivity contribution in [2.75, 3.05) is 11.4 Å². The largest absolute Gasteiger partial charge is 0.312 e. The third kappa shape index (κ3) is 4.05. The summed E-state index contributed by atoms with van der Waals surface area (Å²) in [5.41, 5.74) is 3.29. The second kappa shape index (κ2) is 8.12. The topological polar surface area (TPSA) is 63.9 Å². The van der Waals surface area contributed by atoms with Gasteiger partial charge in [-0.25, -0.2) is 0 Å². The lowest BCUT2D eigenvalue weighted by Crippen LogP contribution is -2.31. The molecule has 0 fully saturated rings. The number of para-hydroxylation sites is 1. The number of carbonyl (C=O) groups excluding carboxylic acids is 1. The number of hydrogen-bond acceptors (Lipinski definition) is 4. The molecule has 2 aromatic carbocycles. The SMILES string of the molecule is O=C(CCCn1nnc(-c2ccccc2)n1)N1CCCCc2ccccc21. The van der Waals surface area contributed by atoms with Gasteiger partial charge in [-0.15, -0.1) is 10.2 Å². The highest BCUT2D eigenvalue weighted by atomic mass is 16.2. The molecule has 138 valence electrons. The number of carbonyl (C=O) groups is 1. The van der Waals surface area contributed by atoms with Gasteiger partial charge in [0.25, 0.3) is 0 Å². The van der Waals surface area contributed by atoms with E-state index in [9.17, 15) is 4.79 Å². The lowest BCUT2D eigenvalue weighted by molar-refractivity contribution is -0.118. The summed E-state index contributed by atoms with van der Waals surface area (Å²) in [6, 6.07) is 18.0. The van der Waals surface area contributed by atoms with Crippen molar-refractivity contribution in [2.24, 2.45) is 0 Å². The second-order valence-electron chi connectivity index (χ2n) is 6.81. The van der Waals surface area contributed by atoms with Crippen LogP contribution < -0.4 is 4.90 Å². The maximum absolute atomic E-state index is 12.8. The second-order valence-corrected chi connectivity index (χ2v) is 6.81. The van der Waals surface area contributed by atoms with E-state index in [-0.39, 0.29) is 5.91 Å². The average molecular weight is 361 g/mol. The minimum atomic E-state index is 0.174. The van der Waals surface area contributed by atoms with Crippen molar-refractivity contribution in [3.05, 3.63) is 60.2 Å². The molecule has 6 nitrogen and oxygen atoms in total. The van der Waals surface area contributed by atoms with Crippen LogP contribution in [-0.4, -0.2) is 32.7 Å². The van der Waals surface area contributed by atoms with Crippen LogP contribution in [0.4, 0.5) is 5.69 Å². The Morgan fingerprint density at radius 1 is 1.00 bits per heavy atom. The van der Waals surface area contributed by atoms with Gasteiger partial charge >= 0.3 is 0 Å². The van der Waals surface area contributed by atoms with E-state index in [1.807, 2.05) is 47.4 Å². The van der Waals surface area contributed by atoms with Crippen molar-refractivity contribution in [1.29, 1.82) is 0 Å². The van der Waals surface area contributed by atoms with Crippen molar-refractivity contribution in [3.8, 4) is 11.4 Å². The van der Waals surface area contributed by atoms with Gasteiger partial charge in [0.1, 0.15) is 0 Å². The molecule has 1 aromatic heterocycles. The van der Waals surface area contributed by atoms with Gasteiger partial charge in [0.05, 0.1) is 6.54 Å². The first-order valence-corrected chi connectivity index (χ1v) is 9.53. The highest BCUT2D eigenvalue weighted by Crippen LogP contribution is 2.26. The lowest BCUT2D eigenvalue weighted by atomic mass is 10.1. The fourth-order valence-corrected chi connectivity index (χ4v) is 3.50. The van der Waals surface area contributed by atoms with Gasteiger partial charge in [0, 0.05) is 24.2 Å². The van der Waals surface area contributed by atoms with Gasteiger partial charge in [0.15, 0.2) is 0 Å². The van der Waals surface area contributed by atoms with E-state index in [4.69, 9.17) is 0 Å². The molecule has 3 aromatic rings. The molecule has 0 unspecified atom stereocenters. The van der Waals surface area contributed by atoms with Crippen molar-refractivity contribution in [1.82, 2.24) is 20.2 Å². The number of anilines is 1. The number of hydrogen-bond donors (Lipinski definition) is 0. The van der Waals surface area contributed by atoms with Gasteiger partial charge < -0.3 is 4.90 Å². The minimum absolute atomic E-state index is 0.174. The fourth-order valence-electron chi connectivity index (χ4n) is 3.50. The van der Waals surface area contributed by atoms with Crippen LogP contribution in [0, 0.1) is 0 Å². The molecule has 0 spiro atoms. The zero-order valence-corrected chi connectivity index (χ0v) is 15.3. The predicted octanol–water partition coefficient (Wildman–Crippen LogP) is 3.49. The number of rotatable bonds is 5. The first kappa shape index (κ1) is 17.4. The van der Waals surface area contributed by atoms with Gasteiger partial charge in [0.2, 0.25) is 11.7 Å². The van der Waals surface area contributed by atoms with Crippen LogP contribution in [0.25, 0.3) is 11.4 Å². The van der Waals surface area contributed by atoms with Crippen LogP contribution >= 0.6 is 0 Å². The van der Waals surface area contributed by atoms with E-state index in [0.29, 0.717) is 25.2 Å². The Balaban J connectivity index is 1.36. The van der Waals surface area contributed by atoms with E-state index in [0.717, 1.165) is 37.1 Å². The summed E-state index contributed by atoms with van der Waals surface area (Å²) in [5, 5.41) is 12.6. The summed E-state index contributed by atoms with van der Waals surface area (Å²) in [5.74, 6) is 0.788. The van der Waals surface area contributed by atoms with E-state index >= 15 is 0 Å². The number of aryl methyl sites for hydroxylation is 2. The van der Waals surface area contributed by atoms with Crippen LogP contribution in [0.1, 0.15) is 31.2 Å². The molecule has 0 saturated carbocycles. The summed E-state index contributed by atoms with van der Waals surface area (Å²) >= 11 is 0. The minimum Gasteiger partial charge on any atom is -0.312 e. The Kier molecular flexibility index (Phi) is 5.23. The number of aromatic nitrogens is 4. The fraction of sp³-hybridized carbons (Fsp3) is 0.333.